The van der Waals surface area contributed by atoms with Gasteiger partial charge in [0.05, 0.1) is 31.8 Å². The van der Waals surface area contributed by atoms with E-state index in [1.807, 2.05) is 0 Å². The van der Waals surface area contributed by atoms with Crippen LogP contribution in [0, 0.1) is 5.92 Å². The minimum absolute atomic E-state index is 0.205. The molecule has 1 aliphatic heterocycles. The van der Waals surface area contributed by atoms with Crippen LogP contribution in [0.5, 0.6) is 17.2 Å². The van der Waals surface area contributed by atoms with Gasteiger partial charge in [0.25, 0.3) is 11.1 Å². The highest BCUT2D eigenvalue weighted by molar-refractivity contribution is 8.18. The van der Waals surface area contributed by atoms with Gasteiger partial charge in [-0.05, 0) is 36.6 Å². The van der Waals surface area contributed by atoms with Crippen LogP contribution in [0.4, 0.5) is 4.79 Å². The first-order valence-electron chi connectivity index (χ1n) is 9.12. The van der Waals surface area contributed by atoms with E-state index in [1.165, 1.54) is 24.2 Å². The molecule has 7 heteroatoms. The Labute approximate surface area is 163 Å². The van der Waals surface area contributed by atoms with Crippen molar-refractivity contribution in [3.05, 3.63) is 22.6 Å². The number of carbonyl (C=O) groups is 2. The Morgan fingerprint density at radius 3 is 2.22 bits per heavy atom. The second kappa shape index (κ2) is 8.69. The van der Waals surface area contributed by atoms with Gasteiger partial charge < -0.3 is 14.2 Å². The Morgan fingerprint density at radius 2 is 1.67 bits per heavy atom. The number of thioether (sulfide) groups is 1. The Kier molecular flexibility index (Phi) is 6.31. The maximum absolute atomic E-state index is 12.8. The zero-order valence-corrected chi connectivity index (χ0v) is 16.8. The summed E-state index contributed by atoms with van der Waals surface area (Å²) in [6.45, 7) is 0.513. The third kappa shape index (κ3) is 4.24. The molecule has 3 rings (SSSR count). The van der Waals surface area contributed by atoms with Gasteiger partial charge in [-0.25, -0.2) is 0 Å². The van der Waals surface area contributed by atoms with E-state index in [0.717, 1.165) is 24.6 Å². The van der Waals surface area contributed by atoms with Crippen LogP contribution >= 0.6 is 11.8 Å². The molecular weight excluding hydrogens is 366 g/mol. The van der Waals surface area contributed by atoms with Gasteiger partial charge in [0.2, 0.25) is 0 Å². The average molecular weight is 391 g/mol. The predicted molar refractivity (Wildman–Crippen MR) is 105 cm³/mol. The molecule has 0 radical (unpaired) electrons. The van der Waals surface area contributed by atoms with Crippen molar-refractivity contribution in [1.29, 1.82) is 0 Å². The zero-order valence-electron chi connectivity index (χ0n) is 15.9. The quantitative estimate of drug-likeness (QED) is 0.673. The smallest absolute Gasteiger partial charge is 0.293 e. The average Bonchev–Trinajstić information content (AvgIpc) is 2.96. The molecule has 1 saturated carbocycles. The number of carbonyl (C=O) groups excluding carboxylic acids is 2. The van der Waals surface area contributed by atoms with Gasteiger partial charge >= 0.3 is 0 Å². The fourth-order valence-corrected chi connectivity index (χ4v) is 4.42. The summed E-state index contributed by atoms with van der Waals surface area (Å²) in [6.07, 6.45) is 7.44. The number of benzene rings is 1. The Balaban J connectivity index is 1.87. The third-order valence-corrected chi connectivity index (χ3v) is 5.98. The van der Waals surface area contributed by atoms with Crippen molar-refractivity contribution in [2.45, 2.75) is 32.1 Å². The van der Waals surface area contributed by atoms with Crippen LogP contribution in [-0.4, -0.2) is 43.9 Å². The van der Waals surface area contributed by atoms with Gasteiger partial charge in [0.15, 0.2) is 0 Å². The summed E-state index contributed by atoms with van der Waals surface area (Å²) >= 11 is 0.970. The summed E-state index contributed by atoms with van der Waals surface area (Å²) in [5.74, 6) is 1.80. The van der Waals surface area contributed by atoms with E-state index in [4.69, 9.17) is 14.2 Å². The fourth-order valence-electron chi connectivity index (χ4n) is 3.59. The van der Waals surface area contributed by atoms with E-state index >= 15 is 0 Å². The van der Waals surface area contributed by atoms with Gasteiger partial charge in [-0.2, -0.15) is 0 Å². The standard InChI is InChI=1S/C20H25NO5S/c1-24-14-9-16(25-2)15(17(10-14)26-3)11-18-19(22)21(20(23)27-18)12-13-7-5-4-6-8-13/h9-11,13H,4-8,12H2,1-3H3/b18-11+. The lowest BCUT2D eigenvalue weighted by Gasteiger charge is -2.25. The molecular formula is C20H25NO5S. The molecule has 0 bridgehead atoms. The van der Waals surface area contributed by atoms with Crippen LogP contribution in [0.3, 0.4) is 0 Å². The lowest BCUT2D eigenvalue weighted by molar-refractivity contribution is -0.123. The molecule has 0 spiro atoms. The van der Waals surface area contributed by atoms with Crippen molar-refractivity contribution in [1.82, 2.24) is 4.90 Å². The van der Waals surface area contributed by atoms with E-state index in [0.29, 0.717) is 40.2 Å². The van der Waals surface area contributed by atoms with Crippen molar-refractivity contribution in [2.24, 2.45) is 5.92 Å². The first-order valence-corrected chi connectivity index (χ1v) is 9.94. The second-order valence-electron chi connectivity index (χ2n) is 6.74. The van der Waals surface area contributed by atoms with Crippen LogP contribution in [0.1, 0.15) is 37.7 Å². The Hall–Kier alpha value is -2.15. The Bertz CT molecular complexity index is 730. The van der Waals surface area contributed by atoms with Gasteiger partial charge in [-0.3, -0.25) is 14.5 Å². The molecule has 6 nitrogen and oxygen atoms in total. The molecule has 1 saturated heterocycles. The highest BCUT2D eigenvalue weighted by atomic mass is 32.2. The lowest BCUT2D eigenvalue weighted by Crippen LogP contribution is -2.34. The fraction of sp³-hybridized carbons (Fsp3) is 0.500. The van der Waals surface area contributed by atoms with E-state index in [9.17, 15) is 9.59 Å². The highest BCUT2D eigenvalue weighted by Gasteiger charge is 2.37. The molecule has 1 aliphatic carbocycles. The number of methoxy groups -OCH3 is 3. The number of ether oxygens (including phenoxy) is 3. The van der Waals surface area contributed by atoms with Crippen LogP contribution in [-0.2, 0) is 4.79 Å². The SMILES string of the molecule is COc1cc(OC)c(/C=C2/SC(=O)N(CC3CCCCC3)C2=O)c(OC)c1. The molecule has 2 aliphatic rings. The van der Waals surface area contributed by atoms with Gasteiger partial charge in [0.1, 0.15) is 17.2 Å². The van der Waals surface area contributed by atoms with Gasteiger partial charge in [0, 0.05) is 18.7 Å². The predicted octanol–water partition coefficient (Wildman–Crippen LogP) is 4.33. The summed E-state index contributed by atoms with van der Waals surface area (Å²) < 4.78 is 16.1. The molecule has 1 aromatic rings. The molecule has 0 aromatic heterocycles. The maximum atomic E-state index is 12.8. The van der Waals surface area contributed by atoms with Crippen molar-refractivity contribution >= 4 is 29.0 Å². The third-order valence-electron chi connectivity index (χ3n) is 5.07. The summed E-state index contributed by atoms with van der Waals surface area (Å²) in [5, 5.41) is -0.205. The molecule has 2 fully saturated rings. The minimum Gasteiger partial charge on any atom is -0.496 e. The molecule has 27 heavy (non-hydrogen) atoms. The molecule has 0 N–H and O–H groups in total. The largest absolute Gasteiger partial charge is 0.496 e. The van der Waals surface area contributed by atoms with Crippen molar-refractivity contribution in [3.8, 4) is 17.2 Å². The number of hydrogen-bond acceptors (Lipinski definition) is 6. The minimum atomic E-state index is -0.240. The molecule has 0 unspecified atom stereocenters. The summed E-state index contributed by atoms with van der Waals surface area (Å²) in [6, 6.07) is 3.45. The molecule has 1 heterocycles. The number of nitrogens with zero attached hydrogens (tertiary/aromatic N) is 1. The molecule has 2 amide bonds. The first-order chi connectivity index (χ1) is 13.1. The summed E-state index contributed by atoms with van der Waals surface area (Å²) in [5.41, 5.74) is 0.615. The normalized spacial score (nSPS) is 19.7. The number of imide groups is 1. The maximum Gasteiger partial charge on any atom is 0.293 e. The topological polar surface area (TPSA) is 65.1 Å². The van der Waals surface area contributed by atoms with Crippen LogP contribution in [0.2, 0.25) is 0 Å². The van der Waals surface area contributed by atoms with E-state index < -0.39 is 0 Å². The van der Waals surface area contributed by atoms with Crippen LogP contribution in [0.15, 0.2) is 17.0 Å². The molecule has 1 aromatic carbocycles. The first kappa shape index (κ1) is 19.6. The zero-order chi connectivity index (χ0) is 19.4. The number of hydrogen-bond donors (Lipinski definition) is 0. The summed E-state index contributed by atoms with van der Waals surface area (Å²) in [4.78, 5) is 27.0. The summed E-state index contributed by atoms with van der Waals surface area (Å²) in [7, 11) is 4.64. The van der Waals surface area contributed by atoms with E-state index in [-0.39, 0.29) is 11.1 Å². The Morgan fingerprint density at radius 1 is 1.04 bits per heavy atom. The van der Waals surface area contributed by atoms with Gasteiger partial charge in [-0.15, -0.1) is 0 Å². The molecule has 146 valence electrons. The number of amides is 2. The lowest BCUT2D eigenvalue weighted by atomic mass is 9.89. The van der Waals surface area contributed by atoms with Crippen LogP contribution in [0.25, 0.3) is 6.08 Å². The second-order valence-corrected chi connectivity index (χ2v) is 7.74. The van der Waals surface area contributed by atoms with Crippen LogP contribution < -0.4 is 14.2 Å². The van der Waals surface area contributed by atoms with E-state index in [1.54, 1.807) is 39.5 Å². The van der Waals surface area contributed by atoms with Crippen molar-refractivity contribution in [3.63, 3.8) is 0 Å². The van der Waals surface area contributed by atoms with Crippen molar-refractivity contribution in [2.75, 3.05) is 27.9 Å². The van der Waals surface area contributed by atoms with Gasteiger partial charge in [-0.1, -0.05) is 19.3 Å². The monoisotopic (exact) mass is 391 g/mol. The van der Waals surface area contributed by atoms with Crippen molar-refractivity contribution < 1.29 is 23.8 Å². The molecule has 0 atom stereocenters. The number of rotatable bonds is 6. The highest BCUT2D eigenvalue weighted by Crippen LogP contribution is 2.40. The van der Waals surface area contributed by atoms with E-state index in [2.05, 4.69) is 0 Å².